The summed E-state index contributed by atoms with van der Waals surface area (Å²) in [6.45, 7) is 2.03. The van der Waals surface area contributed by atoms with Gasteiger partial charge < -0.3 is 10.5 Å². The molecule has 1 saturated heterocycles. The summed E-state index contributed by atoms with van der Waals surface area (Å²) in [5.41, 5.74) is 5.87. The summed E-state index contributed by atoms with van der Waals surface area (Å²) in [5.74, 6) is 0.235. The van der Waals surface area contributed by atoms with Crippen LogP contribution in [0.4, 0.5) is 5.82 Å². The van der Waals surface area contributed by atoms with E-state index in [0.29, 0.717) is 6.42 Å². The second-order valence-corrected chi connectivity index (χ2v) is 4.57. The van der Waals surface area contributed by atoms with Gasteiger partial charge in [0.25, 0.3) is 0 Å². The molecule has 1 aromatic heterocycles. The molecule has 0 aromatic carbocycles. The Morgan fingerprint density at radius 2 is 2.44 bits per heavy atom. The highest BCUT2D eigenvalue weighted by atomic mass is 31.1. The van der Waals surface area contributed by atoms with Crippen LogP contribution in [0.5, 0.6) is 0 Å². The van der Waals surface area contributed by atoms with Gasteiger partial charge in [-0.1, -0.05) is 0 Å². The highest BCUT2D eigenvalue weighted by Crippen LogP contribution is 2.28. The summed E-state index contributed by atoms with van der Waals surface area (Å²) in [4.78, 5) is 15.4. The number of nitrogen functional groups attached to an aromatic ring is 1. The summed E-state index contributed by atoms with van der Waals surface area (Å²) in [5, 5.41) is 0. The molecule has 0 radical (unpaired) electrons. The molecule has 7 nitrogen and oxygen atoms in total. The van der Waals surface area contributed by atoms with E-state index in [1.807, 2.05) is 0 Å². The van der Waals surface area contributed by atoms with Gasteiger partial charge in [0.2, 0.25) is 0 Å². The molecule has 1 aliphatic heterocycles. The van der Waals surface area contributed by atoms with E-state index < -0.39 is 5.69 Å². The van der Waals surface area contributed by atoms with E-state index in [4.69, 9.17) is 15.0 Å². The fourth-order valence-corrected chi connectivity index (χ4v) is 2.14. The van der Waals surface area contributed by atoms with Crippen LogP contribution in [0.25, 0.3) is 0 Å². The summed E-state index contributed by atoms with van der Waals surface area (Å²) in [6, 6.07) is 0. The third kappa shape index (κ3) is 2.75. The number of aryl methyl sites for hydroxylation is 1. The van der Waals surface area contributed by atoms with E-state index in [0.717, 1.165) is 12.0 Å². The molecule has 0 amide bonds. The highest BCUT2D eigenvalue weighted by Gasteiger charge is 2.27. The normalized spacial score (nSPS) is 23.6. The lowest BCUT2D eigenvalue weighted by Gasteiger charge is -2.15. The van der Waals surface area contributed by atoms with Crippen molar-refractivity contribution in [2.24, 2.45) is 0 Å². The lowest BCUT2D eigenvalue weighted by Crippen LogP contribution is -2.28. The molecule has 1 aliphatic rings. The van der Waals surface area contributed by atoms with Crippen LogP contribution in [0.3, 0.4) is 0 Å². The van der Waals surface area contributed by atoms with Gasteiger partial charge in [-0.2, -0.15) is 4.98 Å². The number of hydrogen-bond donors (Lipinski definition) is 1. The third-order valence-corrected chi connectivity index (χ3v) is 3.14. The van der Waals surface area contributed by atoms with Gasteiger partial charge in [-0.3, -0.25) is 9.09 Å². The zero-order chi connectivity index (χ0) is 13.1. The lowest BCUT2D eigenvalue weighted by atomic mass is 10.2. The summed E-state index contributed by atoms with van der Waals surface area (Å²) in [7, 11) is -0.362. The molecule has 2 heterocycles. The monoisotopic (exact) mass is 271 g/mol. The van der Waals surface area contributed by atoms with Crippen molar-refractivity contribution in [1.82, 2.24) is 9.55 Å². The first-order chi connectivity index (χ1) is 8.61. The van der Waals surface area contributed by atoms with Gasteiger partial charge in [0, 0.05) is 11.8 Å². The van der Waals surface area contributed by atoms with Crippen LogP contribution in [-0.4, -0.2) is 22.3 Å². The predicted molar refractivity (Wildman–Crippen MR) is 64.3 cm³/mol. The minimum absolute atomic E-state index is 0.152. The maximum absolute atomic E-state index is 11.7. The van der Waals surface area contributed by atoms with Crippen molar-refractivity contribution in [3.8, 4) is 0 Å². The lowest BCUT2D eigenvalue weighted by molar-refractivity contribution is -0.0181. The Morgan fingerprint density at radius 1 is 1.67 bits per heavy atom. The molecule has 0 aliphatic carbocycles. The van der Waals surface area contributed by atoms with Crippen LogP contribution in [0.2, 0.25) is 0 Å². The maximum Gasteiger partial charge on any atom is 0.351 e. The molecule has 2 N–H and O–H groups in total. The van der Waals surface area contributed by atoms with Gasteiger partial charge in [0.15, 0.2) is 0 Å². The second-order valence-electron chi connectivity index (χ2n) is 4.16. The van der Waals surface area contributed by atoms with Gasteiger partial charge >= 0.3 is 14.4 Å². The van der Waals surface area contributed by atoms with E-state index in [1.165, 1.54) is 4.57 Å². The first-order valence-electron chi connectivity index (χ1n) is 5.57. The first kappa shape index (κ1) is 13.1. The largest absolute Gasteiger partial charge is 0.383 e. The fraction of sp³-hybridized carbons (Fsp3) is 0.600. The van der Waals surface area contributed by atoms with Crippen molar-refractivity contribution in [2.45, 2.75) is 32.1 Å². The Balaban J connectivity index is 2.12. The predicted octanol–water partition coefficient (Wildman–Crippen LogP) is 1.03. The van der Waals surface area contributed by atoms with Crippen LogP contribution >= 0.6 is 8.69 Å². The molecule has 0 bridgehead atoms. The molecule has 0 saturated carbocycles. The number of nitrogens with zero attached hydrogens (tertiary/aromatic N) is 2. The summed E-state index contributed by atoms with van der Waals surface area (Å²) in [6.07, 6.45) is 2.57. The second kappa shape index (κ2) is 5.56. The zero-order valence-corrected chi connectivity index (χ0v) is 10.8. The standard InChI is InChI=1S/C10H14N3O4P/c1-6-4-13(10(14)12-9(6)11)8-3-2-7(17-8)5-16-18-15/h4,7-8H,2-3,5H2,1H3,(H2,11,12,14)/t7-,8+/m0/s1. The van der Waals surface area contributed by atoms with Gasteiger partial charge in [0.1, 0.15) is 12.0 Å². The number of rotatable bonds is 4. The van der Waals surface area contributed by atoms with Crippen molar-refractivity contribution in [2.75, 3.05) is 12.3 Å². The SMILES string of the molecule is Cc1cn([C@H]2CC[C@@H](COP=O)O2)c(=O)nc1N. The van der Waals surface area contributed by atoms with Gasteiger partial charge in [-0.15, -0.1) is 0 Å². The quantitative estimate of drug-likeness (QED) is 0.822. The molecule has 98 valence electrons. The Bertz CT molecular complexity index is 504. The topological polar surface area (TPSA) is 96.4 Å². The molecule has 2 rings (SSSR count). The number of aromatic nitrogens is 2. The van der Waals surface area contributed by atoms with Crippen molar-refractivity contribution in [3.63, 3.8) is 0 Å². The number of nitrogens with two attached hydrogens (primary N) is 1. The van der Waals surface area contributed by atoms with E-state index in [2.05, 4.69) is 4.98 Å². The molecule has 1 aromatic rings. The third-order valence-electron chi connectivity index (χ3n) is 2.88. The van der Waals surface area contributed by atoms with E-state index in [1.54, 1.807) is 13.1 Å². The van der Waals surface area contributed by atoms with Gasteiger partial charge in [-0.05, 0) is 19.8 Å². The molecule has 2 atom stereocenters. The number of anilines is 1. The Kier molecular flexibility index (Phi) is 4.06. The summed E-state index contributed by atoms with van der Waals surface area (Å²) >= 11 is 0. The van der Waals surface area contributed by atoms with E-state index in [-0.39, 0.29) is 33.4 Å². The Morgan fingerprint density at radius 3 is 3.17 bits per heavy atom. The first-order valence-corrected chi connectivity index (χ1v) is 6.30. The minimum Gasteiger partial charge on any atom is -0.383 e. The van der Waals surface area contributed by atoms with Gasteiger partial charge in [-0.25, -0.2) is 9.36 Å². The minimum atomic E-state index is -0.424. The molecular formula is C10H14N3O4P. The number of hydrogen-bond acceptors (Lipinski definition) is 6. The van der Waals surface area contributed by atoms with Crippen molar-refractivity contribution < 1.29 is 13.8 Å². The smallest absolute Gasteiger partial charge is 0.351 e. The van der Waals surface area contributed by atoms with Crippen LogP contribution in [0.1, 0.15) is 24.6 Å². The van der Waals surface area contributed by atoms with Crippen LogP contribution in [0.15, 0.2) is 11.0 Å². The molecule has 8 heteroatoms. The van der Waals surface area contributed by atoms with Crippen LogP contribution < -0.4 is 11.4 Å². The fourth-order valence-electron chi connectivity index (χ4n) is 1.91. The number of ether oxygens (including phenoxy) is 1. The van der Waals surface area contributed by atoms with E-state index in [9.17, 15) is 9.36 Å². The van der Waals surface area contributed by atoms with Crippen molar-refractivity contribution in [3.05, 3.63) is 22.2 Å². The Labute approximate surface area is 105 Å². The van der Waals surface area contributed by atoms with Crippen molar-refractivity contribution in [1.29, 1.82) is 0 Å². The van der Waals surface area contributed by atoms with Crippen LogP contribution in [-0.2, 0) is 13.8 Å². The van der Waals surface area contributed by atoms with Crippen molar-refractivity contribution >= 4 is 14.5 Å². The Hall–Kier alpha value is -1.30. The highest BCUT2D eigenvalue weighted by molar-refractivity contribution is 7.17. The van der Waals surface area contributed by atoms with E-state index >= 15 is 0 Å². The average Bonchev–Trinajstić information content (AvgIpc) is 2.79. The van der Waals surface area contributed by atoms with Gasteiger partial charge in [0.05, 0.1) is 12.7 Å². The molecular weight excluding hydrogens is 257 g/mol. The molecule has 18 heavy (non-hydrogen) atoms. The zero-order valence-electron chi connectivity index (χ0n) is 9.91. The molecule has 1 fully saturated rings. The molecule has 0 unspecified atom stereocenters. The maximum atomic E-state index is 11.7. The average molecular weight is 271 g/mol. The summed E-state index contributed by atoms with van der Waals surface area (Å²) < 4.78 is 22.0. The molecule has 0 spiro atoms. The van der Waals surface area contributed by atoms with Crippen LogP contribution in [0, 0.1) is 6.92 Å².